The summed E-state index contributed by atoms with van der Waals surface area (Å²) in [6.45, 7) is 2.41. The lowest BCUT2D eigenvalue weighted by atomic mass is 10.1. The predicted octanol–water partition coefficient (Wildman–Crippen LogP) is 7.25. The van der Waals surface area contributed by atoms with Gasteiger partial charge in [0, 0.05) is 22.6 Å². The molecule has 0 saturated carbocycles. The van der Waals surface area contributed by atoms with E-state index in [2.05, 4.69) is 15.9 Å². The van der Waals surface area contributed by atoms with E-state index in [1.807, 2.05) is 49.4 Å². The normalized spacial score (nSPS) is 20.1. The monoisotopic (exact) mass is 477 g/mol. The second kappa shape index (κ2) is 7.92. The van der Waals surface area contributed by atoms with Crippen molar-refractivity contribution in [2.45, 2.75) is 19.5 Å². The third-order valence-electron chi connectivity index (χ3n) is 4.66. The van der Waals surface area contributed by atoms with Crippen molar-refractivity contribution in [2.75, 3.05) is 0 Å². The molecule has 1 aliphatic rings. The maximum absolute atomic E-state index is 14.0. The number of nitrogens with zero attached hydrogens (tertiary/aromatic N) is 1. The molecular weight excluding hydrogens is 461 g/mol. The number of benzene rings is 3. The first kappa shape index (κ1) is 19.5. The van der Waals surface area contributed by atoms with Crippen molar-refractivity contribution in [2.24, 2.45) is 0 Å². The molecule has 3 aromatic rings. The summed E-state index contributed by atoms with van der Waals surface area (Å²) < 4.78 is 28.6. The van der Waals surface area contributed by atoms with Crippen LogP contribution in [0.1, 0.15) is 24.1 Å². The molecule has 1 aliphatic heterocycles. The van der Waals surface area contributed by atoms with Crippen LogP contribution in [0.3, 0.4) is 0 Å². The molecule has 7 heteroatoms. The smallest absolute Gasteiger partial charge is 0.404 e. The number of para-hydroxylation sites is 1. The minimum Gasteiger partial charge on any atom is -0.404 e. The van der Waals surface area contributed by atoms with Gasteiger partial charge in [-0.05, 0) is 42.8 Å². The van der Waals surface area contributed by atoms with E-state index < -0.39 is 7.75 Å². The lowest BCUT2D eigenvalue weighted by molar-refractivity contribution is 0.224. The largest absolute Gasteiger partial charge is 0.516 e. The van der Waals surface area contributed by atoms with Gasteiger partial charge in [0.05, 0.1) is 5.02 Å². The van der Waals surface area contributed by atoms with E-state index in [0.29, 0.717) is 23.1 Å². The average molecular weight is 479 g/mol. The van der Waals surface area contributed by atoms with Crippen molar-refractivity contribution >= 4 is 35.3 Å². The van der Waals surface area contributed by atoms with E-state index in [4.69, 9.17) is 20.6 Å². The summed E-state index contributed by atoms with van der Waals surface area (Å²) in [6, 6.07) is 22.3. The van der Waals surface area contributed by atoms with Crippen LogP contribution in [-0.2, 0) is 11.1 Å². The van der Waals surface area contributed by atoms with Gasteiger partial charge in [-0.2, -0.15) is 4.67 Å². The van der Waals surface area contributed by atoms with Crippen molar-refractivity contribution in [1.82, 2.24) is 4.67 Å². The Balaban J connectivity index is 1.77. The van der Waals surface area contributed by atoms with Crippen LogP contribution in [0.4, 0.5) is 0 Å². The van der Waals surface area contributed by atoms with Gasteiger partial charge in [0.1, 0.15) is 11.5 Å². The van der Waals surface area contributed by atoms with Gasteiger partial charge in [0.2, 0.25) is 0 Å². The molecule has 0 amide bonds. The lowest BCUT2D eigenvalue weighted by Gasteiger charge is -2.38. The van der Waals surface area contributed by atoms with E-state index in [0.717, 1.165) is 15.6 Å². The first-order valence-corrected chi connectivity index (χ1v) is 11.5. The standard InChI is InChI=1S/C21H18BrClNO3P/c1-15(16-7-3-2-4-8-16)24-14-17-13-18(22)11-12-20(17)26-28(24,25)27-21-10-6-5-9-19(21)23/h2-13,15H,14H2,1H3. The van der Waals surface area contributed by atoms with Gasteiger partial charge in [-0.15, -0.1) is 0 Å². The summed E-state index contributed by atoms with van der Waals surface area (Å²) >= 11 is 9.74. The zero-order valence-corrected chi connectivity index (χ0v) is 18.3. The molecule has 3 aromatic carbocycles. The van der Waals surface area contributed by atoms with E-state index in [9.17, 15) is 4.57 Å². The summed E-state index contributed by atoms with van der Waals surface area (Å²) in [6.07, 6.45) is 0. The Kier molecular flexibility index (Phi) is 5.52. The minimum absolute atomic E-state index is 0.193. The molecule has 0 spiro atoms. The second-order valence-electron chi connectivity index (χ2n) is 6.52. The fourth-order valence-electron chi connectivity index (χ4n) is 3.17. The Morgan fingerprint density at radius 3 is 2.57 bits per heavy atom. The summed E-state index contributed by atoms with van der Waals surface area (Å²) in [7, 11) is -3.71. The predicted molar refractivity (Wildman–Crippen MR) is 115 cm³/mol. The van der Waals surface area contributed by atoms with Gasteiger partial charge < -0.3 is 9.05 Å². The minimum atomic E-state index is -3.71. The molecule has 2 unspecified atom stereocenters. The van der Waals surface area contributed by atoms with Crippen LogP contribution in [0.5, 0.6) is 11.5 Å². The molecule has 28 heavy (non-hydrogen) atoms. The highest BCUT2D eigenvalue weighted by atomic mass is 79.9. The Labute approximate surface area is 177 Å². The number of hydrogen-bond donors (Lipinski definition) is 0. The molecule has 2 atom stereocenters. The van der Waals surface area contributed by atoms with Crippen molar-refractivity contribution in [3.8, 4) is 11.5 Å². The molecule has 4 nitrogen and oxygen atoms in total. The molecule has 0 N–H and O–H groups in total. The number of halogens is 2. The quantitative estimate of drug-likeness (QED) is 0.370. The number of rotatable bonds is 4. The Morgan fingerprint density at radius 1 is 1.11 bits per heavy atom. The van der Waals surface area contributed by atoms with E-state index >= 15 is 0 Å². The van der Waals surface area contributed by atoms with Gasteiger partial charge in [-0.1, -0.05) is 70.0 Å². The SMILES string of the molecule is CC(c1ccccc1)N1Cc2cc(Br)ccc2OP1(=O)Oc1ccccc1Cl. The van der Waals surface area contributed by atoms with E-state index in [1.54, 1.807) is 35.0 Å². The van der Waals surface area contributed by atoms with Gasteiger partial charge in [-0.25, -0.2) is 4.57 Å². The van der Waals surface area contributed by atoms with Crippen molar-refractivity contribution in [3.63, 3.8) is 0 Å². The molecule has 1 heterocycles. The first-order valence-electron chi connectivity index (χ1n) is 8.80. The molecule has 0 aliphatic carbocycles. The molecule has 4 rings (SSSR count). The maximum Gasteiger partial charge on any atom is 0.516 e. The maximum atomic E-state index is 14.0. The molecular formula is C21H18BrClNO3P. The molecule has 0 aromatic heterocycles. The second-order valence-corrected chi connectivity index (χ2v) is 9.66. The highest BCUT2D eigenvalue weighted by molar-refractivity contribution is 9.10. The summed E-state index contributed by atoms with van der Waals surface area (Å²) in [4.78, 5) is 0. The first-order chi connectivity index (χ1) is 13.5. The fourth-order valence-corrected chi connectivity index (χ4v) is 5.77. The van der Waals surface area contributed by atoms with Gasteiger partial charge in [-0.3, -0.25) is 0 Å². The van der Waals surface area contributed by atoms with Crippen LogP contribution in [-0.4, -0.2) is 4.67 Å². The third-order valence-corrected chi connectivity index (χ3v) is 7.44. The highest BCUT2D eigenvalue weighted by Crippen LogP contribution is 2.60. The van der Waals surface area contributed by atoms with Crippen molar-refractivity contribution in [1.29, 1.82) is 0 Å². The van der Waals surface area contributed by atoms with E-state index in [1.165, 1.54) is 0 Å². The summed E-state index contributed by atoms with van der Waals surface area (Å²) in [5.41, 5.74) is 1.96. The van der Waals surface area contributed by atoms with Crippen molar-refractivity contribution in [3.05, 3.63) is 93.4 Å². The molecule has 0 radical (unpaired) electrons. The molecule has 0 bridgehead atoms. The average Bonchev–Trinajstić information content (AvgIpc) is 2.70. The Bertz CT molecular complexity index is 1050. The van der Waals surface area contributed by atoms with Crippen LogP contribution >= 0.6 is 35.3 Å². The van der Waals surface area contributed by atoms with Crippen LogP contribution in [0.2, 0.25) is 5.02 Å². The highest BCUT2D eigenvalue weighted by Gasteiger charge is 2.45. The van der Waals surface area contributed by atoms with Gasteiger partial charge in [0.15, 0.2) is 0 Å². The number of fused-ring (bicyclic) bond motifs is 1. The third kappa shape index (κ3) is 3.85. The fraction of sp³-hybridized carbons (Fsp3) is 0.143. The Morgan fingerprint density at radius 2 is 1.82 bits per heavy atom. The van der Waals surface area contributed by atoms with Gasteiger partial charge in [0.25, 0.3) is 0 Å². The Hall–Kier alpha value is -1.78. The summed E-state index contributed by atoms with van der Waals surface area (Å²) in [5.74, 6) is 0.883. The molecule has 0 fully saturated rings. The molecule has 0 saturated heterocycles. The van der Waals surface area contributed by atoms with Gasteiger partial charge >= 0.3 is 7.75 Å². The van der Waals surface area contributed by atoms with Crippen molar-refractivity contribution < 1.29 is 13.6 Å². The zero-order valence-electron chi connectivity index (χ0n) is 15.1. The van der Waals surface area contributed by atoms with Crippen LogP contribution in [0, 0.1) is 0 Å². The zero-order chi connectivity index (χ0) is 19.7. The van der Waals surface area contributed by atoms with Crippen LogP contribution in [0.15, 0.2) is 77.3 Å². The molecule has 144 valence electrons. The number of hydrogen-bond acceptors (Lipinski definition) is 3. The topological polar surface area (TPSA) is 38.8 Å². The van der Waals surface area contributed by atoms with Crippen LogP contribution in [0.25, 0.3) is 0 Å². The summed E-state index contributed by atoms with van der Waals surface area (Å²) in [5, 5.41) is 0.384. The van der Waals surface area contributed by atoms with Crippen LogP contribution < -0.4 is 9.05 Å². The van der Waals surface area contributed by atoms with E-state index in [-0.39, 0.29) is 6.04 Å². The lowest BCUT2D eigenvalue weighted by Crippen LogP contribution is -2.31.